The molecule has 0 fully saturated rings. The van der Waals surface area contributed by atoms with Crippen molar-refractivity contribution in [3.05, 3.63) is 48.0 Å². The molecule has 0 heterocycles. The Hall–Kier alpha value is -1.65. The summed E-state index contributed by atoms with van der Waals surface area (Å²) < 4.78 is 5.08. The molecule has 0 aromatic heterocycles. The molecule has 0 aliphatic heterocycles. The smallest absolute Gasteiger partial charge is 0.342 e. The zero-order chi connectivity index (χ0) is 13.0. The molecule has 1 aromatic rings. The first-order valence-corrected chi connectivity index (χ1v) is 5.91. The third-order valence-corrected chi connectivity index (χ3v) is 2.98. The zero-order valence-electron chi connectivity index (χ0n) is 9.95. The summed E-state index contributed by atoms with van der Waals surface area (Å²) in [6.45, 7) is 0.137. The van der Waals surface area contributed by atoms with Crippen LogP contribution in [0.5, 0.6) is 0 Å². The van der Waals surface area contributed by atoms with Crippen molar-refractivity contribution in [1.29, 1.82) is 0 Å². The molecule has 4 heteroatoms. The van der Waals surface area contributed by atoms with E-state index in [4.69, 9.17) is 4.74 Å². The fraction of sp³-hybridized carbons (Fsp3) is 0.357. The second-order valence-corrected chi connectivity index (χ2v) is 4.45. The molecule has 0 saturated carbocycles. The van der Waals surface area contributed by atoms with E-state index < -0.39 is 17.7 Å². The maximum absolute atomic E-state index is 11.8. The van der Waals surface area contributed by atoms with Crippen LogP contribution >= 0.6 is 0 Å². The number of rotatable bonds is 3. The van der Waals surface area contributed by atoms with Crippen molar-refractivity contribution in [2.24, 2.45) is 0 Å². The number of ether oxygens (including phenoxy) is 1. The third-order valence-electron chi connectivity index (χ3n) is 2.98. The maximum atomic E-state index is 11.8. The zero-order valence-corrected chi connectivity index (χ0v) is 9.95. The van der Waals surface area contributed by atoms with Crippen molar-refractivity contribution >= 4 is 5.97 Å². The molecule has 18 heavy (non-hydrogen) atoms. The Labute approximate surface area is 106 Å². The summed E-state index contributed by atoms with van der Waals surface area (Å²) in [7, 11) is 0. The number of esters is 1. The van der Waals surface area contributed by atoms with Crippen LogP contribution in [0, 0.1) is 0 Å². The van der Waals surface area contributed by atoms with Crippen LogP contribution in [0.4, 0.5) is 0 Å². The van der Waals surface area contributed by atoms with Crippen molar-refractivity contribution in [2.75, 3.05) is 0 Å². The topological polar surface area (TPSA) is 66.8 Å². The van der Waals surface area contributed by atoms with Gasteiger partial charge in [-0.1, -0.05) is 36.4 Å². The normalized spacial score (nSPS) is 26.9. The number of hydrogen-bond acceptors (Lipinski definition) is 4. The van der Waals surface area contributed by atoms with Crippen molar-refractivity contribution in [1.82, 2.24) is 0 Å². The van der Waals surface area contributed by atoms with E-state index in [0.29, 0.717) is 6.42 Å². The maximum Gasteiger partial charge on any atom is 0.342 e. The van der Waals surface area contributed by atoms with Gasteiger partial charge in [0, 0.05) is 0 Å². The lowest BCUT2D eigenvalue weighted by Crippen LogP contribution is -2.41. The van der Waals surface area contributed by atoms with E-state index in [9.17, 15) is 15.0 Å². The van der Waals surface area contributed by atoms with Gasteiger partial charge in [0.1, 0.15) is 6.61 Å². The van der Waals surface area contributed by atoms with Crippen LogP contribution in [0.3, 0.4) is 0 Å². The van der Waals surface area contributed by atoms with Gasteiger partial charge in [0.15, 0.2) is 5.60 Å². The standard InChI is InChI=1S/C14H16O4/c15-12-6-8-14(17,9-7-12)13(16)18-10-11-4-2-1-3-5-11/h1-6,8,12,15,17H,7,9-10H2. The minimum atomic E-state index is -1.60. The van der Waals surface area contributed by atoms with E-state index >= 15 is 0 Å². The Kier molecular flexibility index (Phi) is 3.79. The first kappa shape index (κ1) is 12.8. The van der Waals surface area contributed by atoms with Crippen LogP contribution in [0.1, 0.15) is 18.4 Å². The second-order valence-electron chi connectivity index (χ2n) is 4.45. The molecule has 0 amide bonds. The minimum Gasteiger partial charge on any atom is -0.458 e. The van der Waals surface area contributed by atoms with Gasteiger partial charge in [-0.05, 0) is 24.5 Å². The number of carbonyl (C=O) groups excluding carboxylic acids is 1. The molecule has 96 valence electrons. The summed E-state index contributed by atoms with van der Waals surface area (Å²) in [5, 5.41) is 19.3. The molecule has 4 nitrogen and oxygen atoms in total. The number of hydrogen-bond donors (Lipinski definition) is 2. The van der Waals surface area contributed by atoms with E-state index in [2.05, 4.69) is 0 Å². The van der Waals surface area contributed by atoms with Crippen LogP contribution in [0.25, 0.3) is 0 Å². The van der Waals surface area contributed by atoms with E-state index in [1.807, 2.05) is 30.3 Å². The van der Waals surface area contributed by atoms with Crippen molar-refractivity contribution in [3.8, 4) is 0 Å². The molecule has 0 bridgehead atoms. The lowest BCUT2D eigenvalue weighted by atomic mass is 9.90. The molecule has 2 N–H and O–H groups in total. The number of benzene rings is 1. The van der Waals surface area contributed by atoms with Gasteiger partial charge < -0.3 is 14.9 Å². The molecule has 2 atom stereocenters. The predicted molar refractivity (Wildman–Crippen MR) is 65.6 cm³/mol. The van der Waals surface area contributed by atoms with Crippen molar-refractivity contribution in [2.45, 2.75) is 31.2 Å². The Morgan fingerprint density at radius 1 is 1.39 bits per heavy atom. The quantitative estimate of drug-likeness (QED) is 0.622. The van der Waals surface area contributed by atoms with Gasteiger partial charge in [-0.2, -0.15) is 0 Å². The molecule has 0 spiro atoms. The molecule has 2 unspecified atom stereocenters. The molecule has 2 rings (SSSR count). The fourth-order valence-corrected chi connectivity index (χ4v) is 1.84. The van der Waals surface area contributed by atoms with Crippen molar-refractivity contribution in [3.63, 3.8) is 0 Å². The summed E-state index contributed by atoms with van der Waals surface area (Å²) in [4.78, 5) is 11.8. The van der Waals surface area contributed by atoms with Gasteiger partial charge in [-0.25, -0.2) is 4.79 Å². The molecule has 0 saturated heterocycles. The highest BCUT2D eigenvalue weighted by atomic mass is 16.5. The summed E-state index contributed by atoms with van der Waals surface area (Å²) in [5.74, 6) is -0.672. The van der Waals surface area contributed by atoms with Gasteiger partial charge in [0.25, 0.3) is 0 Å². The highest BCUT2D eigenvalue weighted by molar-refractivity contribution is 5.82. The molecular formula is C14H16O4. The Bertz CT molecular complexity index is 440. The lowest BCUT2D eigenvalue weighted by Gasteiger charge is -2.27. The first-order chi connectivity index (χ1) is 8.60. The highest BCUT2D eigenvalue weighted by Crippen LogP contribution is 2.24. The SMILES string of the molecule is O=C(OCc1ccccc1)C1(O)C=CC(O)CC1. The molecule has 1 aliphatic rings. The fourth-order valence-electron chi connectivity index (χ4n) is 1.84. The molecule has 1 aliphatic carbocycles. The molecular weight excluding hydrogens is 232 g/mol. The average molecular weight is 248 g/mol. The highest BCUT2D eigenvalue weighted by Gasteiger charge is 2.37. The average Bonchev–Trinajstić information content (AvgIpc) is 2.41. The number of carbonyl (C=O) groups is 1. The van der Waals surface area contributed by atoms with Crippen LogP contribution in [0.2, 0.25) is 0 Å². The van der Waals surface area contributed by atoms with Gasteiger partial charge in [0.05, 0.1) is 6.10 Å². The summed E-state index contributed by atoms with van der Waals surface area (Å²) in [5.41, 5.74) is -0.733. The van der Waals surface area contributed by atoms with Crippen LogP contribution in [-0.4, -0.2) is 27.9 Å². The molecule has 0 radical (unpaired) electrons. The lowest BCUT2D eigenvalue weighted by molar-refractivity contribution is -0.163. The molecule has 1 aromatic carbocycles. The van der Waals surface area contributed by atoms with E-state index in [0.717, 1.165) is 5.56 Å². The van der Waals surface area contributed by atoms with Gasteiger partial charge in [-0.3, -0.25) is 0 Å². The van der Waals surface area contributed by atoms with Gasteiger partial charge in [0.2, 0.25) is 0 Å². The minimum absolute atomic E-state index is 0.137. The number of aliphatic hydroxyl groups excluding tert-OH is 1. The Morgan fingerprint density at radius 2 is 2.11 bits per heavy atom. The van der Waals surface area contributed by atoms with Crippen LogP contribution < -0.4 is 0 Å². The second kappa shape index (κ2) is 5.33. The van der Waals surface area contributed by atoms with E-state index in [1.165, 1.54) is 12.2 Å². The van der Waals surface area contributed by atoms with Crippen LogP contribution in [0.15, 0.2) is 42.5 Å². The summed E-state index contributed by atoms with van der Waals surface area (Å²) in [6, 6.07) is 9.28. The van der Waals surface area contributed by atoms with E-state index in [1.54, 1.807) is 0 Å². The Balaban J connectivity index is 1.94. The van der Waals surface area contributed by atoms with Gasteiger partial charge >= 0.3 is 5.97 Å². The number of aliphatic hydroxyl groups is 2. The predicted octanol–water partition coefficient (Wildman–Crippen LogP) is 1.17. The summed E-state index contributed by atoms with van der Waals surface area (Å²) in [6.07, 6.45) is 2.68. The Morgan fingerprint density at radius 3 is 2.72 bits per heavy atom. The monoisotopic (exact) mass is 248 g/mol. The summed E-state index contributed by atoms with van der Waals surface area (Å²) >= 11 is 0. The largest absolute Gasteiger partial charge is 0.458 e. The van der Waals surface area contributed by atoms with Crippen molar-refractivity contribution < 1.29 is 19.7 Å². The van der Waals surface area contributed by atoms with Gasteiger partial charge in [-0.15, -0.1) is 0 Å². The first-order valence-electron chi connectivity index (χ1n) is 5.91. The van der Waals surface area contributed by atoms with Crippen LogP contribution in [-0.2, 0) is 16.1 Å². The van der Waals surface area contributed by atoms with E-state index in [-0.39, 0.29) is 13.0 Å². The third kappa shape index (κ3) is 2.97.